The van der Waals surface area contributed by atoms with Crippen LogP contribution in [0.1, 0.15) is 31.4 Å². The Balaban J connectivity index is 2.49. The largest absolute Gasteiger partial charge is 0.497 e. The number of amides is 2. The quantitative estimate of drug-likeness (QED) is 0.476. The molecule has 0 heterocycles. The Morgan fingerprint density at radius 3 is 2.20 bits per heavy atom. The number of hydrogen-bond acceptors (Lipinski definition) is 6. The van der Waals surface area contributed by atoms with Crippen LogP contribution in [0.2, 0.25) is 0 Å². The van der Waals surface area contributed by atoms with Gasteiger partial charge in [-0.2, -0.15) is 0 Å². The van der Waals surface area contributed by atoms with Gasteiger partial charge in [0, 0.05) is 13.1 Å². The summed E-state index contributed by atoms with van der Waals surface area (Å²) in [7, 11) is -0.851. The van der Waals surface area contributed by atoms with Crippen LogP contribution in [0.15, 0.2) is 42.5 Å². The SMILES string of the molecule is CCNC(=O)[C@@H](CC)N(Cc1ccc(OC)cc1)C(=O)CN(c1cc(C)ccc1OC)S(C)(=O)=O. The predicted octanol–water partition coefficient (Wildman–Crippen LogP) is 2.72. The van der Waals surface area contributed by atoms with E-state index >= 15 is 0 Å². The second kappa shape index (κ2) is 12.4. The molecule has 0 bridgehead atoms. The lowest BCUT2D eigenvalue weighted by molar-refractivity contribution is -0.140. The highest BCUT2D eigenvalue weighted by molar-refractivity contribution is 7.92. The third kappa shape index (κ3) is 7.35. The van der Waals surface area contributed by atoms with Gasteiger partial charge in [0.25, 0.3) is 0 Å². The van der Waals surface area contributed by atoms with Crippen LogP contribution in [0.4, 0.5) is 5.69 Å². The second-order valence-electron chi connectivity index (χ2n) is 8.13. The highest BCUT2D eigenvalue weighted by Gasteiger charge is 2.32. The van der Waals surface area contributed by atoms with E-state index < -0.39 is 28.5 Å². The first-order chi connectivity index (χ1) is 16.5. The fourth-order valence-electron chi connectivity index (χ4n) is 3.73. The Morgan fingerprint density at radius 2 is 1.69 bits per heavy atom. The molecule has 0 radical (unpaired) electrons. The van der Waals surface area contributed by atoms with Gasteiger partial charge in [0.15, 0.2) is 0 Å². The maximum Gasteiger partial charge on any atom is 0.244 e. The molecule has 9 nitrogen and oxygen atoms in total. The summed E-state index contributed by atoms with van der Waals surface area (Å²) in [4.78, 5) is 27.9. The average molecular weight is 506 g/mol. The molecule has 192 valence electrons. The molecule has 10 heteroatoms. The van der Waals surface area contributed by atoms with Gasteiger partial charge in [0.2, 0.25) is 21.8 Å². The van der Waals surface area contributed by atoms with E-state index in [-0.39, 0.29) is 18.1 Å². The Hall–Kier alpha value is -3.27. The van der Waals surface area contributed by atoms with Gasteiger partial charge < -0.3 is 19.7 Å². The Labute approximate surface area is 208 Å². The van der Waals surface area contributed by atoms with Crippen molar-refractivity contribution in [3.05, 3.63) is 53.6 Å². The molecule has 2 rings (SSSR count). The summed E-state index contributed by atoms with van der Waals surface area (Å²) in [6.45, 7) is 5.49. The third-order valence-corrected chi connectivity index (χ3v) is 6.66. The minimum absolute atomic E-state index is 0.126. The second-order valence-corrected chi connectivity index (χ2v) is 10.0. The van der Waals surface area contributed by atoms with Gasteiger partial charge in [-0.25, -0.2) is 8.42 Å². The van der Waals surface area contributed by atoms with E-state index in [1.165, 1.54) is 12.0 Å². The van der Waals surface area contributed by atoms with Crippen LogP contribution in [-0.4, -0.2) is 64.7 Å². The molecule has 35 heavy (non-hydrogen) atoms. The number of methoxy groups -OCH3 is 2. The number of rotatable bonds is 12. The van der Waals surface area contributed by atoms with E-state index in [0.717, 1.165) is 21.7 Å². The van der Waals surface area contributed by atoms with Crippen LogP contribution in [0.5, 0.6) is 11.5 Å². The summed E-state index contributed by atoms with van der Waals surface area (Å²) in [5.41, 5.74) is 1.85. The number of nitrogens with zero attached hydrogens (tertiary/aromatic N) is 2. The molecule has 2 amide bonds. The topological polar surface area (TPSA) is 105 Å². The molecule has 0 aliphatic rings. The molecule has 2 aromatic rings. The third-order valence-electron chi connectivity index (χ3n) is 5.53. The van der Waals surface area contributed by atoms with E-state index in [2.05, 4.69) is 5.32 Å². The molecule has 0 saturated heterocycles. The molecule has 0 aromatic heterocycles. The van der Waals surface area contributed by atoms with Crippen molar-refractivity contribution in [2.24, 2.45) is 0 Å². The number of hydrogen-bond donors (Lipinski definition) is 1. The average Bonchev–Trinajstić information content (AvgIpc) is 2.82. The van der Waals surface area contributed by atoms with E-state index in [0.29, 0.717) is 24.5 Å². The zero-order valence-electron chi connectivity index (χ0n) is 21.2. The molecule has 0 spiro atoms. The van der Waals surface area contributed by atoms with Crippen molar-refractivity contribution in [2.45, 2.75) is 39.8 Å². The molecular formula is C25H35N3O6S. The maximum atomic E-state index is 13.7. The van der Waals surface area contributed by atoms with Crippen molar-refractivity contribution in [3.63, 3.8) is 0 Å². The van der Waals surface area contributed by atoms with E-state index in [9.17, 15) is 18.0 Å². The van der Waals surface area contributed by atoms with Gasteiger partial charge >= 0.3 is 0 Å². The van der Waals surface area contributed by atoms with Crippen LogP contribution >= 0.6 is 0 Å². The van der Waals surface area contributed by atoms with E-state index in [1.807, 2.05) is 26.0 Å². The lowest BCUT2D eigenvalue weighted by Crippen LogP contribution is -2.52. The molecular weight excluding hydrogens is 470 g/mol. The number of anilines is 1. The number of carbonyl (C=O) groups excluding carboxylic acids is 2. The molecule has 0 saturated carbocycles. The number of benzene rings is 2. The van der Waals surface area contributed by atoms with E-state index in [4.69, 9.17) is 9.47 Å². The van der Waals surface area contributed by atoms with Crippen LogP contribution in [0, 0.1) is 6.92 Å². The molecule has 1 N–H and O–H groups in total. The van der Waals surface area contributed by atoms with Gasteiger partial charge in [0.05, 0.1) is 26.2 Å². The summed E-state index contributed by atoms with van der Waals surface area (Å²) >= 11 is 0. The first-order valence-electron chi connectivity index (χ1n) is 11.4. The van der Waals surface area contributed by atoms with Crippen molar-refractivity contribution < 1.29 is 27.5 Å². The molecule has 0 aliphatic carbocycles. The van der Waals surface area contributed by atoms with Crippen molar-refractivity contribution >= 4 is 27.5 Å². The Morgan fingerprint density at radius 1 is 1.03 bits per heavy atom. The van der Waals surface area contributed by atoms with Crippen LogP contribution in [0.25, 0.3) is 0 Å². The summed E-state index contributed by atoms with van der Waals surface area (Å²) in [6.07, 6.45) is 1.40. The van der Waals surface area contributed by atoms with Gasteiger partial charge in [0.1, 0.15) is 24.1 Å². The van der Waals surface area contributed by atoms with Gasteiger partial charge in [-0.1, -0.05) is 25.1 Å². The Kier molecular flexibility index (Phi) is 9.94. The standard InChI is InChI=1S/C25H35N3O6S/c1-7-21(25(30)26-8-2)27(16-19-10-12-20(33-4)13-11-19)24(29)17-28(35(6,31)32)22-15-18(3)9-14-23(22)34-5/h9-15,21H,7-8,16-17H2,1-6H3,(H,26,30)/t21-/m1/s1. The number of carbonyl (C=O) groups is 2. The fourth-order valence-corrected chi connectivity index (χ4v) is 4.57. The van der Waals surface area contributed by atoms with Crippen molar-refractivity contribution in [1.82, 2.24) is 10.2 Å². The lowest BCUT2D eigenvalue weighted by Gasteiger charge is -2.33. The molecule has 0 aliphatic heterocycles. The number of ether oxygens (including phenoxy) is 2. The van der Waals surface area contributed by atoms with Gasteiger partial charge in [-0.05, 0) is 55.7 Å². The highest BCUT2D eigenvalue weighted by Crippen LogP contribution is 2.31. The summed E-state index contributed by atoms with van der Waals surface area (Å²) in [5, 5.41) is 2.77. The molecule has 1 atom stereocenters. The number of aryl methyl sites for hydroxylation is 1. The zero-order chi connectivity index (χ0) is 26.2. The van der Waals surface area contributed by atoms with Gasteiger partial charge in [-0.15, -0.1) is 0 Å². The van der Waals surface area contributed by atoms with Crippen LogP contribution < -0.4 is 19.1 Å². The summed E-state index contributed by atoms with van der Waals surface area (Å²) in [5.74, 6) is 0.187. The maximum absolute atomic E-state index is 13.7. The summed E-state index contributed by atoms with van der Waals surface area (Å²) in [6, 6.07) is 11.5. The molecule has 0 unspecified atom stereocenters. The Bertz CT molecular complexity index is 1120. The predicted molar refractivity (Wildman–Crippen MR) is 136 cm³/mol. The minimum Gasteiger partial charge on any atom is -0.497 e. The van der Waals surface area contributed by atoms with Crippen LogP contribution in [0.3, 0.4) is 0 Å². The fraction of sp³-hybridized carbons (Fsp3) is 0.440. The van der Waals surface area contributed by atoms with Gasteiger partial charge in [-0.3, -0.25) is 13.9 Å². The normalized spacial score (nSPS) is 11.9. The van der Waals surface area contributed by atoms with E-state index in [1.54, 1.807) is 44.4 Å². The lowest BCUT2D eigenvalue weighted by atomic mass is 10.1. The van der Waals surface area contributed by atoms with Crippen LogP contribution in [-0.2, 0) is 26.2 Å². The van der Waals surface area contributed by atoms with Crippen molar-refractivity contribution in [3.8, 4) is 11.5 Å². The first kappa shape index (κ1) is 28.0. The zero-order valence-corrected chi connectivity index (χ0v) is 22.0. The number of likely N-dealkylation sites (N-methyl/N-ethyl adjacent to an activating group) is 1. The minimum atomic E-state index is -3.85. The molecule has 0 fully saturated rings. The molecule has 2 aromatic carbocycles. The van der Waals surface area contributed by atoms with Crippen molar-refractivity contribution in [1.29, 1.82) is 0 Å². The van der Waals surface area contributed by atoms with Crippen molar-refractivity contribution in [2.75, 3.05) is 37.9 Å². The summed E-state index contributed by atoms with van der Waals surface area (Å²) < 4.78 is 37.2. The smallest absolute Gasteiger partial charge is 0.244 e. The number of nitrogens with one attached hydrogen (secondary N) is 1. The first-order valence-corrected chi connectivity index (χ1v) is 13.2. The highest BCUT2D eigenvalue weighted by atomic mass is 32.2. The monoisotopic (exact) mass is 505 g/mol. The number of sulfonamides is 1.